The number of benzene rings is 2. The van der Waals surface area contributed by atoms with Gasteiger partial charge in [-0.05, 0) is 36.4 Å². The van der Waals surface area contributed by atoms with Crippen molar-refractivity contribution in [1.82, 2.24) is 0 Å². The second kappa shape index (κ2) is 6.52. The highest BCUT2D eigenvalue weighted by Gasteiger charge is 2.32. The Labute approximate surface area is 143 Å². The van der Waals surface area contributed by atoms with E-state index in [0.717, 1.165) is 12.1 Å². The van der Waals surface area contributed by atoms with Crippen LogP contribution in [0.3, 0.4) is 0 Å². The number of aromatic carboxylic acids is 1. The Morgan fingerprint density at radius 1 is 1.12 bits per heavy atom. The van der Waals surface area contributed by atoms with Gasteiger partial charge in [-0.25, -0.2) is 17.6 Å². The Hall–Kier alpha value is -2.33. The first-order valence-electron chi connectivity index (χ1n) is 6.33. The van der Waals surface area contributed by atoms with Crippen LogP contribution in [-0.4, -0.2) is 19.5 Å². The molecule has 2 N–H and O–H groups in total. The molecule has 0 spiro atoms. The van der Waals surface area contributed by atoms with Crippen LogP contribution in [0.25, 0.3) is 0 Å². The molecular formula is C14H8ClF4NO4S. The highest BCUT2D eigenvalue weighted by Crippen LogP contribution is 2.33. The Bertz CT molecular complexity index is 944. The second-order valence-electron chi connectivity index (χ2n) is 4.78. The van der Waals surface area contributed by atoms with Gasteiger partial charge in [0.25, 0.3) is 10.0 Å². The van der Waals surface area contributed by atoms with Gasteiger partial charge < -0.3 is 5.11 Å². The van der Waals surface area contributed by atoms with Crippen molar-refractivity contribution in [1.29, 1.82) is 0 Å². The summed E-state index contributed by atoms with van der Waals surface area (Å²) in [6.45, 7) is 0. The SMILES string of the molecule is O=C(O)c1cc(NS(=O)(=O)c2ccc(Cl)cc2F)cc(C(F)(F)F)c1. The highest BCUT2D eigenvalue weighted by molar-refractivity contribution is 7.92. The van der Waals surface area contributed by atoms with E-state index < -0.39 is 49.7 Å². The first-order valence-corrected chi connectivity index (χ1v) is 8.20. The fraction of sp³-hybridized carbons (Fsp3) is 0.0714. The number of nitrogens with one attached hydrogen (secondary N) is 1. The minimum Gasteiger partial charge on any atom is -0.478 e. The molecule has 0 aliphatic heterocycles. The van der Waals surface area contributed by atoms with Crippen molar-refractivity contribution in [3.8, 4) is 0 Å². The number of carbonyl (C=O) groups is 1. The molecule has 2 aromatic carbocycles. The summed E-state index contributed by atoms with van der Waals surface area (Å²) < 4.78 is 78.3. The molecule has 2 rings (SSSR count). The molecule has 0 heterocycles. The van der Waals surface area contributed by atoms with Gasteiger partial charge in [0.05, 0.1) is 16.8 Å². The molecule has 2 aromatic rings. The summed E-state index contributed by atoms with van der Waals surface area (Å²) in [5, 5.41) is 8.79. The average molecular weight is 398 g/mol. The number of carboxylic acid groups (broad SMARTS) is 1. The lowest BCUT2D eigenvalue weighted by molar-refractivity contribution is -0.137. The molecule has 134 valence electrons. The van der Waals surface area contributed by atoms with Gasteiger partial charge in [0.15, 0.2) is 0 Å². The van der Waals surface area contributed by atoms with Crippen molar-refractivity contribution in [3.63, 3.8) is 0 Å². The number of sulfonamides is 1. The van der Waals surface area contributed by atoms with E-state index >= 15 is 0 Å². The molecule has 0 saturated carbocycles. The number of alkyl halides is 3. The maximum atomic E-state index is 13.7. The predicted molar refractivity (Wildman–Crippen MR) is 80.6 cm³/mol. The lowest BCUT2D eigenvalue weighted by atomic mass is 10.1. The maximum absolute atomic E-state index is 13.7. The Morgan fingerprint density at radius 2 is 1.76 bits per heavy atom. The summed E-state index contributed by atoms with van der Waals surface area (Å²) in [5.41, 5.74) is -2.84. The van der Waals surface area contributed by atoms with Crippen LogP contribution in [0.15, 0.2) is 41.3 Å². The van der Waals surface area contributed by atoms with Gasteiger partial charge in [-0.1, -0.05) is 11.6 Å². The van der Waals surface area contributed by atoms with E-state index in [0.29, 0.717) is 24.3 Å². The number of hydrogen-bond acceptors (Lipinski definition) is 3. The Morgan fingerprint density at radius 3 is 2.28 bits per heavy atom. The lowest BCUT2D eigenvalue weighted by Gasteiger charge is -2.13. The van der Waals surface area contributed by atoms with E-state index in [-0.39, 0.29) is 5.02 Å². The van der Waals surface area contributed by atoms with Crippen molar-refractivity contribution < 1.29 is 35.9 Å². The van der Waals surface area contributed by atoms with Crippen molar-refractivity contribution in [2.24, 2.45) is 0 Å². The zero-order chi connectivity index (χ0) is 19.0. The van der Waals surface area contributed by atoms with Crippen LogP contribution in [0, 0.1) is 5.82 Å². The fourth-order valence-corrected chi connectivity index (χ4v) is 3.14. The second-order valence-corrected chi connectivity index (χ2v) is 6.87. The molecule has 0 fully saturated rings. The van der Waals surface area contributed by atoms with Crippen molar-refractivity contribution in [2.45, 2.75) is 11.1 Å². The predicted octanol–water partition coefficient (Wildman–Crippen LogP) is 4.00. The third kappa shape index (κ3) is 4.40. The van der Waals surface area contributed by atoms with Crippen LogP contribution in [0.5, 0.6) is 0 Å². The molecule has 0 aromatic heterocycles. The van der Waals surface area contributed by atoms with Gasteiger partial charge >= 0.3 is 12.1 Å². The summed E-state index contributed by atoms with van der Waals surface area (Å²) in [5.74, 6) is -2.91. The Kier molecular flexibility index (Phi) is 4.96. The highest BCUT2D eigenvalue weighted by atomic mass is 35.5. The molecule has 0 aliphatic rings. The summed E-state index contributed by atoms with van der Waals surface area (Å²) in [7, 11) is -4.61. The number of carboxylic acids is 1. The molecule has 0 radical (unpaired) electrons. The molecule has 0 unspecified atom stereocenters. The number of halogens is 5. The zero-order valence-corrected chi connectivity index (χ0v) is 13.5. The van der Waals surface area contributed by atoms with Crippen LogP contribution in [0.2, 0.25) is 5.02 Å². The number of anilines is 1. The molecule has 5 nitrogen and oxygen atoms in total. The minimum absolute atomic E-state index is 0.0799. The fourth-order valence-electron chi connectivity index (χ4n) is 1.88. The minimum atomic E-state index is -4.91. The monoisotopic (exact) mass is 397 g/mol. The summed E-state index contributed by atoms with van der Waals surface area (Å²) in [6, 6.07) is 4.05. The zero-order valence-electron chi connectivity index (χ0n) is 11.9. The molecule has 0 amide bonds. The largest absolute Gasteiger partial charge is 0.478 e. The van der Waals surface area contributed by atoms with Crippen molar-refractivity contribution >= 4 is 33.3 Å². The van der Waals surface area contributed by atoms with E-state index in [1.807, 2.05) is 0 Å². The van der Waals surface area contributed by atoms with E-state index in [1.54, 1.807) is 4.72 Å². The van der Waals surface area contributed by atoms with Gasteiger partial charge in [-0.15, -0.1) is 0 Å². The van der Waals surface area contributed by atoms with Crippen molar-refractivity contribution in [3.05, 3.63) is 58.4 Å². The molecule has 0 atom stereocenters. The normalized spacial score (nSPS) is 12.0. The van der Waals surface area contributed by atoms with Crippen LogP contribution in [0.4, 0.5) is 23.2 Å². The third-order valence-electron chi connectivity index (χ3n) is 2.94. The van der Waals surface area contributed by atoms with Crippen LogP contribution in [-0.2, 0) is 16.2 Å². The quantitative estimate of drug-likeness (QED) is 0.764. The topological polar surface area (TPSA) is 83.5 Å². The van der Waals surface area contributed by atoms with E-state index in [1.165, 1.54) is 0 Å². The maximum Gasteiger partial charge on any atom is 0.416 e. The van der Waals surface area contributed by atoms with E-state index in [2.05, 4.69) is 0 Å². The number of rotatable bonds is 4. The summed E-state index contributed by atoms with van der Waals surface area (Å²) >= 11 is 5.51. The van der Waals surface area contributed by atoms with E-state index in [9.17, 15) is 30.8 Å². The summed E-state index contributed by atoms with van der Waals surface area (Å²) in [4.78, 5) is 10.1. The molecule has 0 aliphatic carbocycles. The third-order valence-corrected chi connectivity index (χ3v) is 4.59. The van der Waals surface area contributed by atoms with Gasteiger partial charge in [0.1, 0.15) is 10.7 Å². The van der Waals surface area contributed by atoms with Gasteiger partial charge in [0, 0.05) is 5.02 Å². The van der Waals surface area contributed by atoms with Crippen molar-refractivity contribution in [2.75, 3.05) is 4.72 Å². The van der Waals surface area contributed by atoms with Gasteiger partial charge in [-0.3, -0.25) is 4.72 Å². The summed E-state index contributed by atoms with van der Waals surface area (Å²) in [6.07, 6.45) is -4.91. The first-order chi connectivity index (χ1) is 11.4. The molecule has 0 saturated heterocycles. The lowest BCUT2D eigenvalue weighted by Crippen LogP contribution is -2.16. The van der Waals surface area contributed by atoms with Crippen LogP contribution >= 0.6 is 11.6 Å². The first kappa shape index (κ1) is 19.0. The molecular weight excluding hydrogens is 390 g/mol. The molecule has 25 heavy (non-hydrogen) atoms. The van der Waals surface area contributed by atoms with Gasteiger partial charge in [-0.2, -0.15) is 13.2 Å². The van der Waals surface area contributed by atoms with E-state index in [4.69, 9.17) is 16.7 Å². The number of hydrogen-bond donors (Lipinski definition) is 2. The Balaban J connectivity index is 2.51. The van der Waals surface area contributed by atoms with Crippen LogP contribution < -0.4 is 4.72 Å². The molecule has 11 heteroatoms. The van der Waals surface area contributed by atoms with Crippen LogP contribution in [0.1, 0.15) is 15.9 Å². The average Bonchev–Trinajstić information content (AvgIpc) is 2.44. The van der Waals surface area contributed by atoms with Gasteiger partial charge in [0.2, 0.25) is 0 Å². The molecule has 0 bridgehead atoms. The standard InChI is InChI=1S/C14H8ClF4NO4S/c15-9-1-2-12(11(16)6-9)25(23,24)20-10-4-7(13(21)22)3-8(5-10)14(17,18)19/h1-6,20H,(H,21,22). The smallest absolute Gasteiger partial charge is 0.416 e.